The molecule has 0 saturated heterocycles. The van der Waals surface area contributed by atoms with Crippen molar-refractivity contribution in [2.75, 3.05) is 11.9 Å². The Kier molecular flexibility index (Phi) is 6.27. The zero-order valence-corrected chi connectivity index (χ0v) is 19.0. The minimum Gasteiger partial charge on any atom is -0.482 e. The molecule has 1 amide bonds. The molecule has 1 atom stereocenters. The van der Waals surface area contributed by atoms with Crippen LogP contribution in [-0.4, -0.2) is 36.2 Å². The van der Waals surface area contributed by atoms with Crippen LogP contribution in [-0.2, 0) is 14.3 Å². The zero-order chi connectivity index (χ0) is 24.4. The van der Waals surface area contributed by atoms with E-state index >= 15 is 0 Å². The normalized spacial score (nSPS) is 12.9. The Hall–Kier alpha value is -4.26. The van der Waals surface area contributed by atoms with E-state index in [1.807, 2.05) is 32.0 Å². The van der Waals surface area contributed by atoms with E-state index < -0.39 is 18.0 Å². The molecule has 3 aromatic rings. The highest BCUT2D eigenvalue weighted by Gasteiger charge is 2.32. The second-order valence-electron chi connectivity index (χ2n) is 8.11. The molecule has 1 unspecified atom stereocenters. The molecule has 172 valence electrons. The molecule has 0 radical (unpaired) electrons. The lowest BCUT2D eigenvalue weighted by molar-refractivity contribution is -0.155. The Morgan fingerprint density at radius 3 is 2.29 bits per heavy atom. The van der Waals surface area contributed by atoms with Gasteiger partial charge in [-0.2, -0.15) is 0 Å². The van der Waals surface area contributed by atoms with Crippen LogP contribution in [0.5, 0.6) is 5.75 Å². The Morgan fingerprint density at radius 2 is 1.56 bits per heavy atom. The maximum absolute atomic E-state index is 13.1. The first kappa shape index (κ1) is 22.9. The van der Waals surface area contributed by atoms with Crippen molar-refractivity contribution in [1.82, 2.24) is 0 Å². The van der Waals surface area contributed by atoms with E-state index in [1.165, 1.54) is 13.0 Å². The van der Waals surface area contributed by atoms with Gasteiger partial charge in [-0.1, -0.05) is 48.5 Å². The van der Waals surface area contributed by atoms with Gasteiger partial charge in [-0.3, -0.25) is 14.4 Å². The van der Waals surface area contributed by atoms with Crippen LogP contribution in [0.25, 0.3) is 0 Å². The summed E-state index contributed by atoms with van der Waals surface area (Å²) in [4.78, 5) is 50.9. The van der Waals surface area contributed by atoms with Gasteiger partial charge < -0.3 is 14.8 Å². The number of aryl methyl sites for hydroxylation is 2. The lowest BCUT2D eigenvalue weighted by Gasteiger charge is -2.21. The van der Waals surface area contributed by atoms with Crippen LogP contribution in [0.2, 0.25) is 0 Å². The summed E-state index contributed by atoms with van der Waals surface area (Å²) in [5.41, 5.74) is 3.00. The lowest BCUT2D eigenvalue weighted by atomic mass is 9.83. The molecule has 1 aliphatic carbocycles. The van der Waals surface area contributed by atoms with E-state index in [9.17, 15) is 19.2 Å². The van der Waals surface area contributed by atoms with Crippen molar-refractivity contribution in [1.29, 1.82) is 0 Å². The van der Waals surface area contributed by atoms with Crippen molar-refractivity contribution >= 4 is 29.1 Å². The lowest BCUT2D eigenvalue weighted by Crippen LogP contribution is -2.33. The Morgan fingerprint density at radius 1 is 0.882 bits per heavy atom. The molecule has 3 aromatic carbocycles. The highest BCUT2D eigenvalue weighted by molar-refractivity contribution is 6.30. The van der Waals surface area contributed by atoms with E-state index in [0.29, 0.717) is 11.3 Å². The number of nitrogens with one attached hydrogen (secondary N) is 1. The molecule has 0 fully saturated rings. The first-order chi connectivity index (χ1) is 16.3. The number of esters is 1. The summed E-state index contributed by atoms with van der Waals surface area (Å²) in [7, 11) is 0. The summed E-state index contributed by atoms with van der Waals surface area (Å²) in [6, 6.07) is 16.9. The molecule has 0 aromatic heterocycles. The number of amides is 1. The SMILES string of the molecule is Cc1ccc(C)c(OCC(=O)OC(C)C(=O)Nc2cccc3c2C(=O)c2ccccc2C3=O)c1. The molecule has 7 heteroatoms. The minimum absolute atomic E-state index is 0.122. The monoisotopic (exact) mass is 457 g/mol. The maximum atomic E-state index is 13.1. The molecule has 1 aliphatic rings. The number of anilines is 1. The average molecular weight is 457 g/mol. The first-order valence-electron chi connectivity index (χ1n) is 10.8. The molecule has 0 aliphatic heterocycles. The van der Waals surface area contributed by atoms with Gasteiger partial charge in [-0.25, -0.2) is 4.79 Å². The third-order valence-electron chi connectivity index (χ3n) is 5.58. The molecule has 4 rings (SSSR count). The van der Waals surface area contributed by atoms with Crippen molar-refractivity contribution in [2.45, 2.75) is 26.9 Å². The standard InChI is InChI=1S/C27H23NO6/c1-15-11-12-16(2)22(13-15)33-14-23(29)34-17(3)27(32)28-21-10-6-9-20-24(21)26(31)19-8-5-4-7-18(19)25(20)30/h4-13,17H,14H2,1-3H3,(H,28,32). The van der Waals surface area contributed by atoms with Gasteiger partial charge in [0.2, 0.25) is 0 Å². The molecule has 7 nitrogen and oxygen atoms in total. The average Bonchev–Trinajstić information content (AvgIpc) is 2.83. The van der Waals surface area contributed by atoms with Crippen LogP contribution in [0, 0.1) is 13.8 Å². The number of hydrogen-bond acceptors (Lipinski definition) is 6. The molecular formula is C27H23NO6. The highest BCUT2D eigenvalue weighted by Crippen LogP contribution is 2.32. The van der Waals surface area contributed by atoms with Crippen molar-refractivity contribution < 1.29 is 28.7 Å². The predicted octanol–water partition coefficient (Wildman–Crippen LogP) is 4.03. The van der Waals surface area contributed by atoms with Crippen molar-refractivity contribution in [3.63, 3.8) is 0 Å². The van der Waals surface area contributed by atoms with Gasteiger partial charge in [0.25, 0.3) is 5.91 Å². The predicted molar refractivity (Wildman–Crippen MR) is 125 cm³/mol. The minimum atomic E-state index is -1.15. The van der Waals surface area contributed by atoms with E-state index in [2.05, 4.69) is 5.32 Å². The molecule has 0 bridgehead atoms. The van der Waals surface area contributed by atoms with Crippen LogP contribution in [0.15, 0.2) is 60.7 Å². The van der Waals surface area contributed by atoms with Crippen molar-refractivity contribution in [2.24, 2.45) is 0 Å². The van der Waals surface area contributed by atoms with Gasteiger partial charge in [-0.15, -0.1) is 0 Å². The van der Waals surface area contributed by atoms with E-state index in [4.69, 9.17) is 9.47 Å². The summed E-state index contributed by atoms with van der Waals surface area (Å²) in [5, 5.41) is 2.62. The van der Waals surface area contributed by atoms with Crippen LogP contribution >= 0.6 is 0 Å². The molecular weight excluding hydrogens is 434 g/mol. The molecule has 0 heterocycles. The Bertz CT molecular complexity index is 1330. The van der Waals surface area contributed by atoms with Gasteiger partial charge in [-0.05, 0) is 44.0 Å². The molecule has 0 saturated carbocycles. The zero-order valence-electron chi connectivity index (χ0n) is 19.0. The van der Waals surface area contributed by atoms with E-state index in [-0.39, 0.29) is 40.6 Å². The third-order valence-corrected chi connectivity index (χ3v) is 5.58. The molecule has 1 N–H and O–H groups in total. The first-order valence-corrected chi connectivity index (χ1v) is 10.8. The number of ether oxygens (including phenoxy) is 2. The van der Waals surface area contributed by atoms with Crippen molar-refractivity contribution in [3.8, 4) is 5.75 Å². The van der Waals surface area contributed by atoms with Gasteiger partial charge in [0.15, 0.2) is 24.3 Å². The van der Waals surface area contributed by atoms with Gasteiger partial charge in [0.1, 0.15) is 5.75 Å². The summed E-state index contributed by atoms with van der Waals surface area (Å²) >= 11 is 0. The largest absolute Gasteiger partial charge is 0.482 e. The summed E-state index contributed by atoms with van der Waals surface area (Å²) < 4.78 is 10.7. The van der Waals surface area contributed by atoms with Gasteiger partial charge in [0.05, 0.1) is 11.3 Å². The summed E-state index contributed by atoms with van der Waals surface area (Å²) in [6.45, 7) is 4.84. The fraction of sp³-hybridized carbons (Fsp3) is 0.185. The van der Waals surface area contributed by atoms with Crippen LogP contribution in [0.1, 0.15) is 49.9 Å². The number of carbonyl (C=O) groups excluding carboxylic acids is 4. The molecule has 34 heavy (non-hydrogen) atoms. The second-order valence-corrected chi connectivity index (χ2v) is 8.11. The van der Waals surface area contributed by atoms with E-state index in [1.54, 1.807) is 36.4 Å². The fourth-order valence-electron chi connectivity index (χ4n) is 3.77. The second kappa shape index (κ2) is 9.31. The number of benzene rings is 3. The van der Waals surface area contributed by atoms with Crippen molar-refractivity contribution in [3.05, 3.63) is 94.0 Å². The van der Waals surface area contributed by atoms with Crippen LogP contribution in [0.4, 0.5) is 5.69 Å². The third kappa shape index (κ3) is 4.45. The quantitative estimate of drug-likeness (QED) is 0.439. The maximum Gasteiger partial charge on any atom is 0.344 e. The number of rotatable bonds is 6. The fourth-order valence-corrected chi connectivity index (χ4v) is 3.77. The molecule has 0 spiro atoms. The highest BCUT2D eigenvalue weighted by atomic mass is 16.6. The van der Waals surface area contributed by atoms with Gasteiger partial charge >= 0.3 is 5.97 Å². The number of fused-ring (bicyclic) bond motifs is 2. The topological polar surface area (TPSA) is 98.8 Å². The van der Waals surface area contributed by atoms with Crippen LogP contribution in [0.3, 0.4) is 0 Å². The summed E-state index contributed by atoms with van der Waals surface area (Å²) in [6.07, 6.45) is -1.15. The van der Waals surface area contributed by atoms with Crippen LogP contribution < -0.4 is 10.1 Å². The summed E-state index contributed by atoms with van der Waals surface area (Å²) in [5.74, 6) is -1.42. The number of hydrogen-bond donors (Lipinski definition) is 1. The number of ketones is 2. The number of carbonyl (C=O) groups is 4. The van der Waals surface area contributed by atoms with Gasteiger partial charge in [0, 0.05) is 16.7 Å². The Labute approximate surface area is 196 Å². The smallest absolute Gasteiger partial charge is 0.344 e. The Balaban J connectivity index is 1.44. The van der Waals surface area contributed by atoms with E-state index in [0.717, 1.165) is 11.1 Å².